The van der Waals surface area contributed by atoms with Gasteiger partial charge in [-0.05, 0) is 36.4 Å². The molecule has 3 aromatic rings. The molecule has 1 N–H and O–H groups in total. The predicted octanol–water partition coefficient (Wildman–Crippen LogP) is 4.53. The van der Waals surface area contributed by atoms with E-state index in [1.165, 1.54) is 0 Å². The van der Waals surface area contributed by atoms with Crippen LogP contribution in [0.15, 0.2) is 91.0 Å². The summed E-state index contributed by atoms with van der Waals surface area (Å²) in [5.41, 5.74) is 4.00. The number of rotatable bonds is 4. The molecule has 114 valence electrons. The molecule has 0 aliphatic rings. The fraction of sp³-hybridized carbons (Fsp3) is 0. The van der Waals surface area contributed by atoms with Gasteiger partial charge in [0.1, 0.15) is 0 Å². The maximum Gasteiger partial charge on any atom is 0.359 e. The van der Waals surface area contributed by atoms with Crippen LogP contribution in [-0.2, 0) is 0 Å². The van der Waals surface area contributed by atoms with Crippen molar-refractivity contribution in [2.24, 2.45) is 0 Å². The van der Waals surface area contributed by atoms with Crippen LogP contribution in [0.5, 0.6) is 5.75 Å². The van der Waals surface area contributed by atoms with Crippen molar-refractivity contribution in [1.29, 1.82) is 0 Å². The molecule has 0 heterocycles. The molecule has 2 amide bonds. The Morgan fingerprint density at radius 1 is 0.696 bits per heavy atom. The van der Waals surface area contributed by atoms with E-state index in [4.69, 9.17) is 4.84 Å². The molecular formula is C19H16N2O2. The number of amides is 2. The highest BCUT2D eigenvalue weighted by atomic mass is 16.7. The summed E-state index contributed by atoms with van der Waals surface area (Å²) in [6.45, 7) is 0. The first-order valence-corrected chi connectivity index (χ1v) is 7.27. The van der Waals surface area contributed by atoms with Crippen LogP contribution in [0.2, 0.25) is 0 Å². The lowest BCUT2D eigenvalue weighted by Crippen LogP contribution is -2.38. The minimum atomic E-state index is -0.369. The molecule has 0 spiro atoms. The number of carbonyl (C=O) groups excluding carboxylic acids is 1. The molecule has 0 saturated heterocycles. The van der Waals surface area contributed by atoms with Gasteiger partial charge in [0.15, 0.2) is 5.75 Å². The maximum absolute atomic E-state index is 12.6. The summed E-state index contributed by atoms with van der Waals surface area (Å²) in [6.07, 6.45) is 0. The molecule has 0 atom stereocenters. The SMILES string of the molecule is O=C(NOc1ccccc1)N(c1ccccc1)c1ccccc1. The van der Waals surface area contributed by atoms with Crippen LogP contribution >= 0.6 is 0 Å². The fourth-order valence-electron chi connectivity index (χ4n) is 2.17. The summed E-state index contributed by atoms with van der Waals surface area (Å²) in [5.74, 6) is 0.571. The fourth-order valence-corrected chi connectivity index (χ4v) is 2.17. The molecule has 0 aromatic heterocycles. The van der Waals surface area contributed by atoms with E-state index in [0.717, 1.165) is 11.4 Å². The van der Waals surface area contributed by atoms with Crippen LogP contribution in [0.4, 0.5) is 16.2 Å². The van der Waals surface area contributed by atoms with Crippen molar-refractivity contribution in [2.75, 3.05) is 4.90 Å². The van der Waals surface area contributed by atoms with Crippen molar-refractivity contribution in [3.05, 3.63) is 91.0 Å². The molecule has 23 heavy (non-hydrogen) atoms. The molecule has 3 aromatic carbocycles. The van der Waals surface area contributed by atoms with Crippen LogP contribution in [0.1, 0.15) is 0 Å². The first-order chi connectivity index (χ1) is 11.3. The zero-order chi connectivity index (χ0) is 15.9. The van der Waals surface area contributed by atoms with Gasteiger partial charge < -0.3 is 4.84 Å². The van der Waals surface area contributed by atoms with Gasteiger partial charge in [-0.3, -0.25) is 4.90 Å². The highest BCUT2D eigenvalue weighted by molar-refractivity contribution is 5.98. The van der Waals surface area contributed by atoms with Crippen molar-refractivity contribution in [3.63, 3.8) is 0 Å². The first-order valence-electron chi connectivity index (χ1n) is 7.27. The lowest BCUT2D eigenvalue weighted by Gasteiger charge is -2.23. The van der Waals surface area contributed by atoms with Crippen LogP contribution in [0.25, 0.3) is 0 Å². The zero-order valence-corrected chi connectivity index (χ0v) is 12.4. The summed E-state index contributed by atoms with van der Waals surface area (Å²) in [5, 5.41) is 0. The van der Waals surface area contributed by atoms with Crippen molar-refractivity contribution >= 4 is 17.4 Å². The Morgan fingerprint density at radius 2 is 1.13 bits per heavy atom. The Bertz CT molecular complexity index is 707. The molecule has 4 nitrogen and oxygen atoms in total. The standard InChI is InChI=1S/C19H16N2O2/c22-19(20-23-18-14-8-3-9-15-18)21(16-10-4-1-5-11-16)17-12-6-2-7-13-17/h1-15H,(H,20,22). The summed E-state index contributed by atoms with van der Waals surface area (Å²) in [4.78, 5) is 19.5. The van der Waals surface area contributed by atoms with E-state index in [9.17, 15) is 4.79 Å². The Kier molecular flexibility index (Phi) is 4.55. The third-order valence-corrected chi connectivity index (χ3v) is 3.23. The molecule has 4 heteroatoms. The van der Waals surface area contributed by atoms with Crippen LogP contribution < -0.4 is 15.2 Å². The van der Waals surface area contributed by atoms with Gasteiger partial charge in [-0.25, -0.2) is 4.79 Å². The van der Waals surface area contributed by atoms with E-state index in [1.807, 2.05) is 78.9 Å². The third-order valence-electron chi connectivity index (χ3n) is 3.23. The predicted molar refractivity (Wildman–Crippen MR) is 90.6 cm³/mol. The van der Waals surface area contributed by atoms with Crippen molar-refractivity contribution in [3.8, 4) is 5.75 Å². The van der Waals surface area contributed by atoms with Gasteiger partial charge in [0.05, 0.1) is 11.4 Å². The Labute approximate surface area is 134 Å². The average molecular weight is 304 g/mol. The van der Waals surface area contributed by atoms with Crippen molar-refractivity contribution in [2.45, 2.75) is 0 Å². The van der Waals surface area contributed by atoms with Gasteiger partial charge in [-0.1, -0.05) is 54.6 Å². The van der Waals surface area contributed by atoms with Crippen molar-refractivity contribution < 1.29 is 9.63 Å². The number of benzene rings is 3. The van der Waals surface area contributed by atoms with Crippen LogP contribution in [0, 0.1) is 0 Å². The third kappa shape index (κ3) is 3.68. The first kappa shape index (κ1) is 14.7. The Hall–Kier alpha value is -3.27. The lowest BCUT2D eigenvalue weighted by atomic mass is 10.2. The van der Waals surface area contributed by atoms with E-state index in [-0.39, 0.29) is 6.03 Å². The van der Waals surface area contributed by atoms with E-state index in [2.05, 4.69) is 5.48 Å². The maximum atomic E-state index is 12.6. The van der Waals surface area contributed by atoms with Crippen LogP contribution in [-0.4, -0.2) is 6.03 Å². The van der Waals surface area contributed by atoms with Gasteiger partial charge in [0, 0.05) is 0 Å². The number of hydrogen-bond donors (Lipinski definition) is 1. The number of urea groups is 1. The van der Waals surface area contributed by atoms with Gasteiger partial charge in [0.2, 0.25) is 0 Å². The molecule has 0 radical (unpaired) electrons. The minimum absolute atomic E-state index is 0.369. The Morgan fingerprint density at radius 3 is 1.61 bits per heavy atom. The van der Waals surface area contributed by atoms with Gasteiger partial charge in [-0.2, -0.15) is 5.48 Å². The normalized spacial score (nSPS) is 9.91. The molecule has 0 bridgehead atoms. The number of para-hydroxylation sites is 3. The van der Waals surface area contributed by atoms with E-state index in [0.29, 0.717) is 5.75 Å². The topological polar surface area (TPSA) is 41.6 Å². The highest BCUT2D eigenvalue weighted by Gasteiger charge is 2.18. The molecular weight excluding hydrogens is 288 g/mol. The second kappa shape index (κ2) is 7.13. The minimum Gasteiger partial charge on any atom is -0.378 e. The van der Waals surface area contributed by atoms with Gasteiger partial charge in [0.25, 0.3) is 0 Å². The summed E-state index contributed by atoms with van der Waals surface area (Å²) < 4.78 is 0. The smallest absolute Gasteiger partial charge is 0.359 e. The van der Waals surface area contributed by atoms with E-state index < -0.39 is 0 Å². The lowest BCUT2D eigenvalue weighted by molar-refractivity contribution is 0.185. The molecule has 0 saturated carbocycles. The number of hydroxylamine groups is 1. The summed E-state index contributed by atoms with van der Waals surface area (Å²) in [6, 6.07) is 27.6. The number of carbonyl (C=O) groups is 1. The highest BCUT2D eigenvalue weighted by Crippen LogP contribution is 2.24. The van der Waals surface area contributed by atoms with Gasteiger partial charge in [-0.15, -0.1) is 0 Å². The summed E-state index contributed by atoms with van der Waals surface area (Å²) >= 11 is 0. The number of nitrogens with one attached hydrogen (secondary N) is 1. The Balaban J connectivity index is 1.82. The van der Waals surface area contributed by atoms with Gasteiger partial charge >= 0.3 is 6.03 Å². The second-order valence-electron chi connectivity index (χ2n) is 4.83. The average Bonchev–Trinajstić information content (AvgIpc) is 2.63. The largest absolute Gasteiger partial charge is 0.378 e. The zero-order valence-electron chi connectivity index (χ0n) is 12.4. The second-order valence-corrected chi connectivity index (χ2v) is 4.83. The molecule has 3 rings (SSSR count). The quantitative estimate of drug-likeness (QED) is 0.720. The molecule has 0 aliphatic carbocycles. The van der Waals surface area contributed by atoms with Crippen LogP contribution in [0.3, 0.4) is 0 Å². The van der Waals surface area contributed by atoms with E-state index in [1.54, 1.807) is 17.0 Å². The molecule has 0 unspecified atom stereocenters. The summed E-state index contributed by atoms with van der Waals surface area (Å²) in [7, 11) is 0. The molecule has 0 fully saturated rings. The number of nitrogens with zero attached hydrogens (tertiary/aromatic N) is 1. The number of anilines is 2. The number of hydrogen-bond acceptors (Lipinski definition) is 2. The monoisotopic (exact) mass is 304 g/mol. The molecule has 0 aliphatic heterocycles. The van der Waals surface area contributed by atoms with E-state index >= 15 is 0 Å². The van der Waals surface area contributed by atoms with Crippen molar-refractivity contribution in [1.82, 2.24) is 5.48 Å².